The number of nitrogens with zero attached hydrogens (tertiary/aromatic N) is 2. The fraction of sp³-hybridized carbons (Fsp3) is 0.818. The van der Waals surface area contributed by atoms with Gasteiger partial charge in [0.2, 0.25) is 5.91 Å². The maximum absolute atomic E-state index is 11.6. The largest absolute Gasteiger partial charge is 0.372 e. The van der Waals surface area contributed by atoms with E-state index in [1.165, 1.54) is 0 Å². The highest BCUT2D eigenvalue weighted by Gasteiger charge is 2.22. The van der Waals surface area contributed by atoms with E-state index >= 15 is 0 Å². The van der Waals surface area contributed by atoms with E-state index in [0.29, 0.717) is 19.7 Å². The van der Waals surface area contributed by atoms with Crippen LogP contribution in [0.1, 0.15) is 26.2 Å². The minimum Gasteiger partial charge on any atom is -0.372 e. The van der Waals surface area contributed by atoms with Crippen LogP contribution in [0.15, 0.2) is 0 Å². The van der Waals surface area contributed by atoms with Crippen LogP contribution in [0.4, 0.5) is 0 Å². The molecule has 84 valence electrons. The Morgan fingerprint density at radius 2 is 2.20 bits per heavy atom. The predicted octanol–water partition coefficient (Wildman–Crippen LogP) is 1.18. The third kappa shape index (κ3) is 3.88. The summed E-state index contributed by atoms with van der Waals surface area (Å²) in [5.74, 6) is 0.186. The molecule has 0 bridgehead atoms. The normalized spacial score (nSPS) is 17.5. The number of carbonyl (C=O) groups is 1. The molecule has 0 saturated carbocycles. The molecule has 0 spiro atoms. The molecule has 1 fully saturated rings. The van der Waals surface area contributed by atoms with Gasteiger partial charge in [-0.25, -0.2) is 0 Å². The van der Waals surface area contributed by atoms with Gasteiger partial charge in [-0.3, -0.25) is 4.79 Å². The van der Waals surface area contributed by atoms with Gasteiger partial charge >= 0.3 is 0 Å². The van der Waals surface area contributed by atoms with Crippen molar-refractivity contribution in [2.75, 3.05) is 26.3 Å². The molecule has 1 rings (SSSR count). The van der Waals surface area contributed by atoms with E-state index in [4.69, 9.17) is 10.00 Å². The van der Waals surface area contributed by atoms with Crippen molar-refractivity contribution >= 4 is 5.91 Å². The molecule has 0 radical (unpaired) electrons. The van der Waals surface area contributed by atoms with Crippen LogP contribution in [0.3, 0.4) is 0 Å². The van der Waals surface area contributed by atoms with E-state index in [2.05, 4.69) is 6.07 Å². The van der Waals surface area contributed by atoms with Crippen LogP contribution in [-0.4, -0.2) is 37.1 Å². The van der Waals surface area contributed by atoms with Gasteiger partial charge in [0.25, 0.3) is 0 Å². The van der Waals surface area contributed by atoms with E-state index in [1.54, 1.807) is 4.90 Å². The minimum absolute atomic E-state index is 0.0554. The van der Waals surface area contributed by atoms with Crippen molar-refractivity contribution in [2.24, 2.45) is 5.92 Å². The van der Waals surface area contributed by atoms with Crippen LogP contribution in [0.2, 0.25) is 0 Å². The monoisotopic (exact) mass is 210 g/mol. The Bertz CT molecular complexity index is 239. The zero-order valence-electron chi connectivity index (χ0n) is 9.24. The molecule has 1 heterocycles. The van der Waals surface area contributed by atoms with Crippen LogP contribution in [-0.2, 0) is 9.53 Å². The van der Waals surface area contributed by atoms with Gasteiger partial charge in [0.15, 0.2) is 0 Å². The highest BCUT2D eigenvalue weighted by Crippen LogP contribution is 2.15. The maximum Gasteiger partial charge on any atom is 0.248 e. The summed E-state index contributed by atoms with van der Waals surface area (Å²) < 4.78 is 5.19. The SMILES string of the molecule is CCCOCC(=O)N1CCC(C#N)CC1. The second-order valence-electron chi connectivity index (χ2n) is 3.84. The summed E-state index contributed by atoms with van der Waals surface area (Å²) in [6.07, 6.45) is 2.54. The third-order valence-electron chi connectivity index (χ3n) is 2.60. The predicted molar refractivity (Wildman–Crippen MR) is 56.0 cm³/mol. The van der Waals surface area contributed by atoms with Gasteiger partial charge in [0.1, 0.15) is 6.61 Å². The molecular weight excluding hydrogens is 192 g/mol. The highest BCUT2D eigenvalue weighted by atomic mass is 16.5. The zero-order chi connectivity index (χ0) is 11.1. The van der Waals surface area contributed by atoms with Gasteiger partial charge in [-0.1, -0.05) is 6.92 Å². The van der Waals surface area contributed by atoms with Gasteiger partial charge < -0.3 is 9.64 Å². The molecule has 15 heavy (non-hydrogen) atoms. The topological polar surface area (TPSA) is 53.3 Å². The molecule has 0 N–H and O–H groups in total. The van der Waals surface area contributed by atoms with Gasteiger partial charge in [-0.2, -0.15) is 5.26 Å². The molecule has 1 aliphatic heterocycles. The Hall–Kier alpha value is -1.08. The summed E-state index contributed by atoms with van der Waals surface area (Å²) >= 11 is 0. The van der Waals surface area contributed by atoms with Gasteiger partial charge in [-0.15, -0.1) is 0 Å². The lowest BCUT2D eigenvalue weighted by molar-refractivity contribution is -0.137. The fourth-order valence-electron chi connectivity index (χ4n) is 1.65. The maximum atomic E-state index is 11.6. The van der Waals surface area contributed by atoms with Crippen LogP contribution in [0.25, 0.3) is 0 Å². The molecule has 1 saturated heterocycles. The second kappa shape index (κ2) is 6.41. The van der Waals surface area contributed by atoms with Crippen LogP contribution in [0, 0.1) is 17.2 Å². The quantitative estimate of drug-likeness (QED) is 0.655. The number of amides is 1. The van der Waals surface area contributed by atoms with Crippen LogP contribution < -0.4 is 0 Å². The average Bonchev–Trinajstić information content (AvgIpc) is 2.29. The first-order valence-corrected chi connectivity index (χ1v) is 5.53. The number of nitriles is 1. The van der Waals surface area contributed by atoms with Crippen molar-refractivity contribution in [3.05, 3.63) is 0 Å². The van der Waals surface area contributed by atoms with Crippen molar-refractivity contribution in [2.45, 2.75) is 26.2 Å². The first kappa shape index (κ1) is 12.0. The van der Waals surface area contributed by atoms with Crippen LogP contribution >= 0.6 is 0 Å². The summed E-state index contributed by atoms with van der Waals surface area (Å²) in [5, 5.41) is 8.71. The first-order valence-electron chi connectivity index (χ1n) is 5.53. The third-order valence-corrected chi connectivity index (χ3v) is 2.60. The number of ether oxygens (including phenoxy) is 1. The van der Waals surface area contributed by atoms with Crippen molar-refractivity contribution in [1.82, 2.24) is 4.90 Å². The summed E-state index contributed by atoms with van der Waals surface area (Å²) in [7, 11) is 0. The Kier molecular flexibility index (Phi) is 5.13. The molecule has 4 heteroatoms. The number of likely N-dealkylation sites (tertiary alicyclic amines) is 1. The van der Waals surface area contributed by atoms with Gasteiger partial charge in [0.05, 0.1) is 6.07 Å². The molecule has 4 nitrogen and oxygen atoms in total. The van der Waals surface area contributed by atoms with Crippen molar-refractivity contribution < 1.29 is 9.53 Å². The smallest absolute Gasteiger partial charge is 0.248 e. The van der Waals surface area contributed by atoms with E-state index in [-0.39, 0.29) is 18.4 Å². The standard InChI is InChI=1S/C11H18N2O2/c1-2-7-15-9-11(14)13-5-3-10(8-12)4-6-13/h10H,2-7,9H2,1H3. The molecular formula is C11H18N2O2. The minimum atomic E-state index is 0.0554. The van der Waals surface area contributed by atoms with E-state index < -0.39 is 0 Å². The number of hydrogen-bond acceptors (Lipinski definition) is 3. The van der Waals surface area contributed by atoms with Crippen molar-refractivity contribution in [1.29, 1.82) is 5.26 Å². The lowest BCUT2D eigenvalue weighted by Crippen LogP contribution is -2.40. The number of hydrogen-bond donors (Lipinski definition) is 0. The molecule has 0 aromatic heterocycles. The second-order valence-corrected chi connectivity index (χ2v) is 3.84. The van der Waals surface area contributed by atoms with Gasteiger partial charge in [-0.05, 0) is 19.3 Å². The lowest BCUT2D eigenvalue weighted by Gasteiger charge is -2.29. The zero-order valence-corrected chi connectivity index (χ0v) is 9.24. The Morgan fingerprint density at radius 3 is 2.73 bits per heavy atom. The first-order chi connectivity index (χ1) is 7.27. The van der Waals surface area contributed by atoms with E-state index in [0.717, 1.165) is 19.3 Å². The lowest BCUT2D eigenvalue weighted by atomic mass is 9.99. The number of piperidine rings is 1. The molecule has 1 amide bonds. The molecule has 0 atom stereocenters. The van der Waals surface area contributed by atoms with Crippen molar-refractivity contribution in [3.8, 4) is 6.07 Å². The molecule has 0 unspecified atom stereocenters. The summed E-state index contributed by atoms with van der Waals surface area (Å²) in [6.45, 7) is 4.24. The Labute approximate surface area is 90.8 Å². The Balaban J connectivity index is 2.21. The molecule has 0 aromatic carbocycles. The van der Waals surface area contributed by atoms with Crippen LogP contribution in [0.5, 0.6) is 0 Å². The van der Waals surface area contributed by atoms with E-state index in [9.17, 15) is 4.79 Å². The highest BCUT2D eigenvalue weighted by molar-refractivity contribution is 5.77. The summed E-state index contributed by atoms with van der Waals surface area (Å²) in [5.41, 5.74) is 0. The summed E-state index contributed by atoms with van der Waals surface area (Å²) in [6, 6.07) is 2.25. The molecule has 0 aromatic rings. The molecule has 0 aliphatic carbocycles. The fourth-order valence-corrected chi connectivity index (χ4v) is 1.65. The van der Waals surface area contributed by atoms with Crippen molar-refractivity contribution in [3.63, 3.8) is 0 Å². The number of rotatable bonds is 4. The summed E-state index contributed by atoms with van der Waals surface area (Å²) in [4.78, 5) is 13.4. The Morgan fingerprint density at radius 1 is 1.53 bits per heavy atom. The van der Waals surface area contributed by atoms with Gasteiger partial charge in [0, 0.05) is 25.6 Å². The average molecular weight is 210 g/mol. The molecule has 1 aliphatic rings. The number of carbonyl (C=O) groups excluding carboxylic acids is 1. The van der Waals surface area contributed by atoms with E-state index in [1.807, 2.05) is 6.92 Å².